The number of carbonyl (C=O) groups is 2. The van der Waals surface area contributed by atoms with Crippen molar-refractivity contribution in [2.45, 2.75) is 65.1 Å². The Balaban J connectivity index is 2.21. The summed E-state index contributed by atoms with van der Waals surface area (Å²) in [5, 5.41) is 2.66. The van der Waals surface area contributed by atoms with Gasteiger partial charge >= 0.3 is 6.09 Å². The Morgan fingerprint density at radius 3 is 2.38 bits per heavy atom. The Morgan fingerprint density at radius 1 is 1.29 bits per heavy atom. The predicted molar refractivity (Wildman–Crippen MR) is 92.7 cm³/mol. The molecule has 7 heteroatoms. The lowest BCUT2D eigenvalue weighted by atomic mass is 10.0. The molecule has 0 aromatic carbocycles. The normalized spacial score (nSPS) is 23.7. The maximum atomic E-state index is 13.1. The van der Waals surface area contributed by atoms with Gasteiger partial charge in [-0.15, -0.1) is 0 Å². The summed E-state index contributed by atoms with van der Waals surface area (Å²) in [5.41, 5.74) is 6.40. The number of aliphatic imine (C=N–C) groups is 1. The van der Waals surface area contributed by atoms with Crippen LogP contribution < -0.4 is 11.1 Å². The van der Waals surface area contributed by atoms with Crippen molar-refractivity contribution >= 4 is 17.8 Å². The maximum Gasteiger partial charge on any atom is 0.407 e. The largest absolute Gasteiger partial charge is 0.453 e. The molecule has 7 nitrogen and oxygen atoms in total. The second kappa shape index (κ2) is 6.99. The van der Waals surface area contributed by atoms with Gasteiger partial charge in [0.15, 0.2) is 0 Å². The van der Waals surface area contributed by atoms with E-state index in [4.69, 9.17) is 5.73 Å². The molecule has 2 fully saturated rings. The molecule has 1 aliphatic heterocycles. The van der Waals surface area contributed by atoms with Crippen LogP contribution >= 0.6 is 0 Å². The minimum Gasteiger partial charge on any atom is -0.453 e. The molecule has 2 aliphatic rings. The number of likely N-dealkylation sites (tertiary alicyclic amines) is 1. The topological polar surface area (TPSA) is 97.0 Å². The summed E-state index contributed by atoms with van der Waals surface area (Å²) >= 11 is 0. The Labute approximate surface area is 144 Å². The highest BCUT2D eigenvalue weighted by Crippen LogP contribution is 2.55. The number of hydrogen-bond donors (Lipinski definition) is 2. The van der Waals surface area contributed by atoms with E-state index in [1.165, 1.54) is 7.11 Å². The molecule has 0 bridgehead atoms. The van der Waals surface area contributed by atoms with Crippen LogP contribution in [0.1, 0.15) is 47.0 Å². The van der Waals surface area contributed by atoms with Crippen molar-refractivity contribution in [3.8, 4) is 0 Å². The van der Waals surface area contributed by atoms with E-state index in [9.17, 15) is 9.59 Å². The number of rotatable bonds is 5. The van der Waals surface area contributed by atoms with Gasteiger partial charge in [-0.3, -0.25) is 9.79 Å². The lowest BCUT2D eigenvalue weighted by Gasteiger charge is -2.30. The number of carbonyl (C=O) groups excluding carboxylic acids is 2. The first-order chi connectivity index (χ1) is 11.2. The summed E-state index contributed by atoms with van der Waals surface area (Å²) in [4.78, 5) is 31.0. The Kier molecular flexibility index (Phi) is 5.40. The number of amides is 2. The predicted octanol–water partition coefficient (Wildman–Crippen LogP) is 1.51. The molecule has 1 saturated carbocycles. The fourth-order valence-electron chi connectivity index (χ4n) is 3.35. The zero-order valence-electron chi connectivity index (χ0n) is 15.3. The van der Waals surface area contributed by atoms with Crippen LogP contribution in [0.4, 0.5) is 4.79 Å². The summed E-state index contributed by atoms with van der Waals surface area (Å²) < 4.78 is 4.65. The van der Waals surface area contributed by atoms with Crippen molar-refractivity contribution in [3.05, 3.63) is 0 Å². The highest BCUT2D eigenvalue weighted by molar-refractivity contribution is 5.94. The van der Waals surface area contributed by atoms with Gasteiger partial charge in [0, 0.05) is 12.6 Å². The van der Waals surface area contributed by atoms with Crippen LogP contribution in [0.3, 0.4) is 0 Å². The minimum atomic E-state index is -0.624. The van der Waals surface area contributed by atoms with E-state index in [-0.39, 0.29) is 29.3 Å². The average molecular weight is 338 g/mol. The van der Waals surface area contributed by atoms with E-state index >= 15 is 0 Å². The van der Waals surface area contributed by atoms with Crippen LogP contribution in [0.25, 0.3) is 0 Å². The summed E-state index contributed by atoms with van der Waals surface area (Å²) in [7, 11) is 1.29. The Bertz CT molecular complexity index is 526. The number of amidine groups is 1. The van der Waals surface area contributed by atoms with Crippen LogP contribution in [0.2, 0.25) is 0 Å². The van der Waals surface area contributed by atoms with Gasteiger partial charge in [0.05, 0.1) is 13.2 Å². The number of methoxy groups -OCH3 is 1. The Morgan fingerprint density at radius 2 is 1.92 bits per heavy atom. The number of alkyl carbamates (subject to hydrolysis) is 1. The van der Waals surface area contributed by atoms with E-state index in [1.54, 1.807) is 0 Å². The van der Waals surface area contributed by atoms with Gasteiger partial charge in [-0.25, -0.2) is 4.79 Å². The molecule has 0 aromatic heterocycles. The van der Waals surface area contributed by atoms with E-state index in [0.717, 1.165) is 19.3 Å². The summed E-state index contributed by atoms with van der Waals surface area (Å²) in [5.74, 6) is 0.366. The second-order valence-corrected chi connectivity index (χ2v) is 7.69. The van der Waals surface area contributed by atoms with Crippen molar-refractivity contribution in [1.29, 1.82) is 0 Å². The van der Waals surface area contributed by atoms with Crippen molar-refractivity contribution in [1.82, 2.24) is 10.2 Å². The first-order valence-corrected chi connectivity index (χ1v) is 8.67. The lowest BCUT2D eigenvalue weighted by molar-refractivity contribution is -0.134. The standard InChI is InChI=1S/C17H30N4O3/c1-10(2)13(20-16(23)24-5)15(22)21-9-17(6-7-17)8-12(21)14(18)19-11(3)4/h10-13H,6-9H2,1-5H3,(H2,18,19)(H,20,23)/t12-,13?/m0/s1. The molecule has 0 radical (unpaired) electrons. The van der Waals surface area contributed by atoms with E-state index in [0.29, 0.717) is 12.4 Å². The fourth-order valence-corrected chi connectivity index (χ4v) is 3.35. The smallest absolute Gasteiger partial charge is 0.407 e. The first kappa shape index (κ1) is 18.5. The minimum absolute atomic E-state index is 0.0451. The lowest BCUT2D eigenvalue weighted by Crippen LogP contribution is -2.54. The van der Waals surface area contributed by atoms with Crippen molar-refractivity contribution in [2.75, 3.05) is 13.7 Å². The van der Waals surface area contributed by atoms with Gasteiger partial charge in [-0.05, 0) is 44.4 Å². The zero-order valence-corrected chi connectivity index (χ0v) is 15.3. The summed E-state index contributed by atoms with van der Waals surface area (Å²) in [6.45, 7) is 8.44. The van der Waals surface area contributed by atoms with Crippen LogP contribution in [0.5, 0.6) is 0 Å². The molecule has 136 valence electrons. The number of ether oxygens (including phenoxy) is 1. The third kappa shape index (κ3) is 3.99. The highest BCUT2D eigenvalue weighted by atomic mass is 16.5. The van der Waals surface area contributed by atoms with Crippen LogP contribution in [0, 0.1) is 11.3 Å². The number of nitrogens with two attached hydrogens (primary N) is 1. The third-order valence-electron chi connectivity index (χ3n) is 4.89. The fraction of sp³-hybridized carbons (Fsp3) is 0.824. The number of nitrogens with one attached hydrogen (secondary N) is 1. The van der Waals surface area contributed by atoms with Gasteiger partial charge < -0.3 is 20.7 Å². The van der Waals surface area contributed by atoms with Gasteiger partial charge in [-0.2, -0.15) is 0 Å². The summed E-state index contributed by atoms with van der Waals surface area (Å²) in [6.07, 6.45) is 2.52. The molecule has 3 N–H and O–H groups in total. The second-order valence-electron chi connectivity index (χ2n) is 7.69. The number of hydrogen-bond acceptors (Lipinski definition) is 4. The van der Waals surface area contributed by atoms with Crippen molar-refractivity contribution < 1.29 is 14.3 Å². The van der Waals surface area contributed by atoms with Gasteiger partial charge in [0.1, 0.15) is 11.9 Å². The molecule has 1 aliphatic carbocycles. The van der Waals surface area contributed by atoms with Crippen LogP contribution in [-0.2, 0) is 9.53 Å². The molecule has 1 heterocycles. The Hall–Kier alpha value is -1.79. The molecule has 2 rings (SSSR count). The molecule has 2 atom stereocenters. The average Bonchev–Trinajstić information content (AvgIpc) is 3.13. The molecule has 0 aromatic rings. The highest BCUT2D eigenvalue weighted by Gasteiger charge is 2.55. The molecular formula is C17H30N4O3. The molecule has 1 spiro atoms. The maximum absolute atomic E-state index is 13.1. The molecule has 1 unspecified atom stereocenters. The van der Waals surface area contributed by atoms with Crippen LogP contribution in [-0.4, -0.2) is 54.5 Å². The van der Waals surface area contributed by atoms with Crippen molar-refractivity contribution in [2.24, 2.45) is 22.1 Å². The monoisotopic (exact) mass is 338 g/mol. The van der Waals surface area contributed by atoms with Crippen LogP contribution in [0.15, 0.2) is 4.99 Å². The van der Waals surface area contributed by atoms with E-state index in [1.807, 2.05) is 32.6 Å². The summed E-state index contributed by atoms with van der Waals surface area (Å²) in [6, 6.07) is -0.712. The van der Waals surface area contributed by atoms with Gasteiger partial charge in [0.25, 0.3) is 0 Å². The van der Waals surface area contributed by atoms with Gasteiger partial charge in [-0.1, -0.05) is 13.8 Å². The first-order valence-electron chi connectivity index (χ1n) is 8.67. The zero-order chi connectivity index (χ0) is 18.1. The quantitative estimate of drug-likeness (QED) is 0.586. The van der Waals surface area contributed by atoms with E-state index < -0.39 is 12.1 Å². The van der Waals surface area contributed by atoms with Gasteiger partial charge in [0.2, 0.25) is 5.91 Å². The SMILES string of the molecule is COC(=O)NC(C(=O)N1CC2(CC2)C[C@H]1/C(N)=N/C(C)C)C(C)C. The molecule has 2 amide bonds. The van der Waals surface area contributed by atoms with Crippen molar-refractivity contribution in [3.63, 3.8) is 0 Å². The molecule has 24 heavy (non-hydrogen) atoms. The molecular weight excluding hydrogens is 308 g/mol. The van der Waals surface area contributed by atoms with E-state index in [2.05, 4.69) is 15.0 Å². The molecule has 1 saturated heterocycles. The third-order valence-corrected chi connectivity index (χ3v) is 4.89. The number of nitrogens with zero attached hydrogens (tertiary/aromatic N) is 2.